The second kappa shape index (κ2) is 5.71. The van der Waals surface area contributed by atoms with E-state index in [1.54, 1.807) is 30.5 Å². The Labute approximate surface area is 106 Å². The first-order valence-corrected chi connectivity index (χ1v) is 7.84. The number of benzene rings is 1. The van der Waals surface area contributed by atoms with Crippen molar-refractivity contribution in [3.8, 4) is 0 Å². The first-order valence-electron chi connectivity index (χ1n) is 5.13. The van der Waals surface area contributed by atoms with Gasteiger partial charge in [-0.05, 0) is 38.3 Å². The molecule has 1 rings (SSSR count). The Morgan fingerprint density at radius 1 is 1.35 bits per heavy atom. The van der Waals surface area contributed by atoms with Crippen LogP contribution in [0.15, 0.2) is 39.5 Å². The van der Waals surface area contributed by atoms with Crippen LogP contribution >= 0.6 is 11.8 Å². The Hall–Kier alpha value is -0.780. The van der Waals surface area contributed by atoms with E-state index in [1.165, 1.54) is 13.0 Å². The largest absolute Gasteiger partial charge is 0.389 e. The second-order valence-electron chi connectivity index (χ2n) is 3.75. The lowest BCUT2D eigenvalue weighted by atomic mass is 10.2. The minimum absolute atomic E-state index is 0.177. The van der Waals surface area contributed by atoms with Gasteiger partial charge in [-0.3, -0.25) is 0 Å². The molecular formula is C12H16O3S2. The van der Waals surface area contributed by atoms with Crippen molar-refractivity contribution in [3.63, 3.8) is 0 Å². The van der Waals surface area contributed by atoms with Crippen LogP contribution in [0.4, 0.5) is 0 Å². The van der Waals surface area contributed by atoms with Crippen LogP contribution in [-0.2, 0) is 9.84 Å². The molecule has 0 aromatic heterocycles. The van der Waals surface area contributed by atoms with Crippen molar-refractivity contribution in [1.29, 1.82) is 0 Å². The zero-order valence-electron chi connectivity index (χ0n) is 10.0. The third kappa shape index (κ3) is 3.59. The number of hydrogen-bond acceptors (Lipinski definition) is 4. The minimum Gasteiger partial charge on any atom is -0.389 e. The summed E-state index contributed by atoms with van der Waals surface area (Å²) in [5, 5.41) is 9.25. The van der Waals surface area contributed by atoms with Gasteiger partial charge in [-0.2, -0.15) is 0 Å². The highest BCUT2D eigenvalue weighted by Gasteiger charge is 2.20. The quantitative estimate of drug-likeness (QED) is 0.914. The molecule has 3 nitrogen and oxygen atoms in total. The molecule has 1 aromatic rings. The molecule has 0 radical (unpaired) electrons. The van der Waals surface area contributed by atoms with Crippen LogP contribution in [0.5, 0.6) is 0 Å². The van der Waals surface area contributed by atoms with E-state index in [1.807, 2.05) is 6.92 Å². The molecule has 0 fully saturated rings. The van der Waals surface area contributed by atoms with E-state index < -0.39 is 15.9 Å². The van der Waals surface area contributed by atoms with Crippen molar-refractivity contribution in [3.05, 3.63) is 40.1 Å². The Balaban J connectivity index is 3.22. The van der Waals surface area contributed by atoms with Crippen molar-refractivity contribution >= 4 is 21.6 Å². The minimum atomic E-state index is -3.50. The standard InChI is InChI=1S/C12H16O3S2/c1-9-4-6-11(7-5-9)17(14,15)12(16-3)8-10(2)13/h4-8,10,13H,1-3H3/b12-8+. The molecule has 0 aliphatic carbocycles. The van der Waals surface area contributed by atoms with E-state index in [-0.39, 0.29) is 9.13 Å². The van der Waals surface area contributed by atoms with Gasteiger partial charge in [0.1, 0.15) is 4.24 Å². The molecule has 0 spiro atoms. The summed E-state index contributed by atoms with van der Waals surface area (Å²) in [6.07, 6.45) is 2.25. The highest BCUT2D eigenvalue weighted by Crippen LogP contribution is 2.27. The zero-order chi connectivity index (χ0) is 13.1. The zero-order valence-corrected chi connectivity index (χ0v) is 11.7. The van der Waals surface area contributed by atoms with E-state index >= 15 is 0 Å². The SMILES string of the molecule is CS/C(=C\C(C)O)S(=O)(=O)c1ccc(C)cc1. The van der Waals surface area contributed by atoms with Gasteiger partial charge in [-0.15, -0.1) is 11.8 Å². The van der Waals surface area contributed by atoms with Crippen LogP contribution in [0.3, 0.4) is 0 Å². The highest BCUT2D eigenvalue weighted by atomic mass is 32.3. The molecule has 0 saturated heterocycles. The van der Waals surface area contributed by atoms with Gasteiger partial charge >= 0.3 is 0 Å². The molecule has 94 valence electrons. The maximum Gasteiger partial charge on any atom is 0.212 e. The molecule has 17 heavy (non-hydrogen) atoms. The van der Waals surface area contributed by atoms with E-state index in [0.717, 1.165) is 17.3 Å². The molecule has 0 aliphatic rings. The van der Waals surface area contributed by atoms with Crippen LogP contribution in [0, 0.1) is 6.92 Å². The number of hydrogen-bond donors (Lipinski definition) is 1. The van der Waals surface area contributed by atoms with Crippen LogP contribution in [0.2, 0.25) is 0 Å². The van der Waals surface area contributed by atoms with E-state index in [9.17, 15) is 13.5 Å². The summed E-state index contributed by atoms with van der Waals surface area (Å²) in [5.74, 6) is 0. The summed E-state index contributed by atoms with van der Waals surface area (Å²) >= 11 is 1.12. The van der Waals surface area contributed by atoms with Crippen molar-refractivity contribution in [2.75, 3.05) is 6.26 Å². The van der Waals surface area contributed by atoms with Crippen molar-refractivity contribution in [2.24, 2.45) is 0 Å². The smallest absolute Gasteiger partial charge is 0.212 e. The predicted octanol–water partition coefficient (Wildman–Crippen LogP) is 2.35. The fraction of sp³-hybridized carbons (Fsp3) is 0.333. The number of rotatable bonds is 4. The van der Waals surface area contributed by atoms with Gasteiger partial charge in [-0.25, -0.2) is 8.42 Å². The van der Waals surface area contributed by atoms with E-state index in [2.05, 4.69) is 0 Å². The molecule has 1 unspecified atom stereocenters. The first kappa shape index (κ1) is 14.3. The van der Waals surface area contributed by atoms with Crippen LogP contribution in [-0.4, -0.2) is 25.9 Å². The number of aliphatic hydroxyl groups is 1. The summed E-state index contributed by atoms with van der Waals surface area (Å²) in [7, 11) is -3.50. The first-order chi connectivity index (χ1) is 7.87. The van der Waals surface area contributed by atoms with Crippen LogP contribution in [0.25, 0.3) is 0 Å². The third-order valence-electron chi connectivity index (χ3n) is 2.17. The Morgan fingerprint density at radius 3 is 2.29 bits per heavy atom. The Bertz CT molecular complexity index is 499. The van der Waals surface area contributed by atoms with Gasteiger partial charge in [0.15, 0.2) is 0 Å². The fourth-order valence-corrected chi connectivity index (χ4v) is 3.90. The summed E-state index contributed by atoms with van der Waals surface area (Å²) in [5.41, 5.74) is 1.01. The lowest BCUT2D eigenvalue weighted by Gasteiger charge is -2.08. The normalized spacial score (nSPS) is 14.7. The number of aryl methyl sites for hydroxylation is 1. The maximum absolute atomic E-state index is 12.2. The molecule has 0 heterocycles. The fourth-order valence-electron chi connectivity index (χ4n) is 1.30. The van der Waals surface area contributed by atoms with Crippen molar-refractivity contribution < 1.29 is 13.5 Å². The molecule has 0 aliphatic heterocycles. The van der Waals surface area contributed by atoms with Crippen LogP contribution < -0.4 is 0 Å². The lowest BCUT2D eigenvalue weighted by Crippen LogP contribution is -2.05. The molecule has 1 N–H and O–H groups in total. The predicted molar refractivity (Wildman–Crippen MR) is 71.6 cm³/mol. The monoisotopic (exact) mass is 272 g/mol. The number of thioether (sulfide) groups is 1. The maximum atomic E-state index is 12.2. The average molecular weight is 272 g/mol. The summed E-state index contributed by atoms with van der Waals surface area (Å²) in [4.78, 5) is 0.254. The van der Waals surface area contributed by atoms with Gasteiger partial charge in [0.05, 0.1) is 11.0 Å². The Kier molecular flexibility index (Phi) is 4.80. The van der Waals surface area contributed by atoms with E-state index in [4.69, 9.17) is 0 Å². The lowest BCUT2D eigenvalue weighted by molar-refractivity contribution is 0.244. The van der Waals surface area contributed by atoms with Gasteiger partial charge in [0.25, 0.3) is 0 Å². The number of aliphatic hydroxyl groups excluding tert-OH is 1. The average Bonchev–Trinajstić information content (AvgIpc) is 2.26. The third-order valence-corrected chi connectivity index (χ3v) is 5.43. The van der Waals surface area contributed by atoms with Crippen molar-refractivity contribution in [1.82, 2.24) is 0 Å². The summed E-state index contributed by atoms with van der Waals surface area (Å²) < 4.78 is 24.6. The van der Waals surface area contributed by atoms with E-state index in [0.29, 0.717) is 0 Å². The number of sulfone groups is 1. The highest BCUT2D eigenvalue weighted by molar-refractivity contribution is 8.18. The molecular weight excluding hydrogens is 256 g/mol. The molecule has 1 aromatic carbocycles. The summed E-state index contributed by atoms with van der Waals surface area (Å²) in [6.45, 7) is 3.43. The van der Waals surface area contributed by atoms with Gasteiger partial charge in [0, 0.05) is 0 Å². The molecule has 0 saturated carbocycles. The molecule has 0 bridgehead atoms. The van der Waals surface area contributed by atoms with Gasteiger partial charge in [0.2, 0.25) is 9.84 Å². The summed E-state index contributed by atoms with van der Waals surface area (Å²) in [6, 6.07) is 6.67. The van der Waals surface area contributed by atoms with Crippen LogP contribution in [0.1, 0.15) is 12.5 Å². The van der Waals surface area contributed by atoms with Gasteiger partial charge in [-0.1, -0.05) is 17.7 Å². The topological polar surface area (TPSA) is 54.4 Å². The molecule has 0 amide bonds. The Morgan fingerprint density at radius 2 is 1.88 bits per heavy atom. The molecule has 1 atom stereocenters. The van der Waals surface area contributed by atoms with Gasteiger partial charge < -0.3 is 5.11 Å². The molecule has 5 heteroatoms. The second-order valence-corrected chi connectivity index (χ2v) is 6.77. The van der Waals surface area contributed by atoms with Crippen molar-refractivity contribution in [2.45, 2.75) is 24.8 Å².